The Balaban J connectivity index is 0.000000553. The zero-order chi connectivity index (χ0) is 22.9. The SMILES string of the molecule is N=C(N)NCc1cccc(OCc2cccc(C(F)(F)F)c2)c1.O=C(O)C(F)(F)F. The molecule has 0 unspecified atom stereocenters. The van der Waals surface area contributed by atoms with Crippen LogP contribution < -0.4 is 15.8 Å². The monoisotopic (exact) mass is 437 g/mol. The van der Waals surface area contributed by atoms with Crippen molar-refractivity contribution >= 4 is 11.9 Å². The molecule has 0 fully saturated rings. The number of aliphatic carboxylic acids is 1. The van der Waals surface area contributed by atoms with E-state index < -0.39 is 23.9 Å². The fourth-order valence-electron chi connectivity index (χ4n) is 1.95. The molecule has 0 heterocycles. The fraction of sp³-hybridized carbons (Fsp3) is 0.222. The highest BCUT2D eigenvalue weighted by Gasteiger charge is 2.38. The van der Waals surface area contributed by atoms with Crippen LogP contribution in [-0.4, -0.2) is 23.2 Å². The van der Waals surface area contributed by atoms with Gasteiger partial charge in [-0.1, -0.05) is 24.3 Å². The molecule has 6 nitrogen and oxygen atoms in total. The lowest BCUT2D eigenvalue weighted by atomic mass is 10.1. The highest BCUT2D eigenvalue weighted by Crippen LogP contribution is 2.29. The van der Waals surface area contributed by atoms with E-state index in [-0.39, 0.29) is 12.6 Å². The van der Waals surface area contributed by atoms with Gasteiger partial charge in [-0.3, -0.25) is 5.41 Å². The zero-order valence-corrected chi connectivity index (χ0v) is 15.1. The van der Waals surface area contributed by atoms with Crippen LogP contribution in [-0.2, 0) is 24.1 Å². The van der Waals surface area contributed by atoms with Crippen molar-refractivity contribution in [3.63, 3.8) is 0 Å². The van der Waals surface area contributed by atoms with Crippen LogP contribution in [0.2, 0.25) is 0 Å². The van der Waals surface area contributed by atoms with Crippen molar-refractivity contribution in [2.75, 3.05) is 0 Å². The predicted molar refractivity (Wildman–Crippen MR) is 94.7 cm³/mol. The zero-order valence-electron chi connectivity index (χ0n) is 15.1. The van der Waals surface area contributed by atoms with Crippen LogP contribution in [0.25, 0.3) is 0 Å². The molecule has 0 spiro atoms. The molecule has 12 heteroatoms. The first-order chi connectivity index (χ1) is 13.8. The molecular weight excluding hydrogens is 420 g/mol. The number of carbonyl (C=O) groups is 1. The van der Waals surface area contributed by atoms with Crippen molar-refractivity contribution in [1.29, 1.82) is 5.41 Å². The number of carboxylic acid groups (broad SMARTS) is 1. The van der Waals surface area contributed by atoms with Crippen LogP contribution >= 0.6 is 0 Å². The molecule has 0 bridgehead atoms. The van der Waals surface area contributed by atoms with E-state index in [0.717, 1.165) is 17.7 Å². The molecule has 0 aliphatic carbocycles. The summed E-state index contributed by atoms with van der Waals surface area (Å²) in [6.07, 6.45) is -9.45. The van der Waals surface area contributed by atoms with Crippen LogP contribution in [0.15, 0.2) is 48.5 Å². The third-order valence-corrected chi connectivity index (χ3v) is 3.28. The van der Waals surface area contributed by atoms with Gasteiger partial charge in [-0.15, -0.1) is 0 Å². The van der Waals surface area contributed by atoms with E-state index in [9.17, 15) is 26.3 Å². The van der Waals surface area contributed by atoms with Gasteiger partial charge in [0.1, 0.15) is 12.4 Å². The molecule has 0 atom stereocenters. The minimum atomic E-state index is -5.08. The van der Waals surface area contributed by atoms with Gasteiger partial charge in [0.05, 0.1) is 5.56 Å². The normalized spacial score (nSPS) is 11.1. The van der Waals surface area contributed by atoms with E-state index in [1.165, 1.54) is 6.07 Å². The Kier molecular flexibility index (Phi) is 8.50. The maximum atomic E-state index is 12.7. The Morgan fingerprint density at radius 3 is 2.13 bits per heavy atom. The Bertz CT molecular complexity index is 869. The summed E-state index contributed by atoms with van der Waals surface area (Å²) in [5.41, 5.74) is 5.80. The second-order valence-corrected chi connectivity index (χ2v) is 5.70. The van der Waals surface area contributed by atoms with Crippen LogP contribution in [0.3, 0.4) is 0 Å². The fourth-order valence-corrected chi connectivity index (χ4v) is 1.95. The lowest BCUT2D eigenvalue weighted by Gasteiger charge is -2.11. The van der Waals surface area contributed by atoms with Crippen LogP contribution in [0, 0.1) is 5.41 Å². The van der Waals surface area contributed by atoms with E-state index in [1.807, 2.05) is 6.07 Å². The summed E-state index contributed by atoms with van der Waals surface area (Å²) in [5.74, 6) is -2.36. The molecule has 0 aliphatic heterocycles. The summed E-state index contributed by atoms with van der Waals surface area (Å²) in [6, 6.07) is 12.1. The Labute approximate surface area is 166 Å². The van der Waals surface area contributed by atoms with Gasteiger partial charge >= 0.3 is 18.3 Å². The van der Waals surface area contributed by atoms with E-state index in [0.29, 0.717) is 17.9 Å². The minimum absolute atomic E-state index is 0.0352. The van der Waals surface area contributed by atoms with Gasteiger partial charge in [0.15, 0.2) is 5.96 Å². The summed E-state index contributed by atoms with van der Waals surface area (Å²) in [7, 11) is 0. The van der Waals surface area contributed by atoms with Crippen LogP contribution in [0.1, 0.15) is 16.7 Å². The molecule has 5 N–H and O–H groups in total. The number of carboxylic acids is 1. The lowest BCUT2D eigenvalue weighted by molar-refractivity contribution is -0.192. The van der Waals surface area contributed by atoms with Gasteiger partial charge < -0.3 is 20.9 Å². The second kappa shape index (κ2) is 10.4. The smallest absolute Gasteiger partial charge is 0.489 e. The first-order valence-electron chi connectivity index (χ1n) is 8.05. The topological polar surface area (TPSA) is 108 Å². The molecule has 0 saturated carbocycles. The summed E-state index contributed by atoms with van der Waals surface area (Å²) in [4.78, 5) is 8.90. The van der Waals surface area contributed by atoms with Gasteiger partial charge in [0.25, 0.3) is 0 Å². The largest absolute Gasteiger partial charge is 0.490 e. The summed E-state index contributed by atoms with van der Waals surface area (Å²) in [5, 5.41) is 16.9. The lowest BCUT2D eigenvalue weighted by Crippen LogP contribution is -2.29. The third-order valence-electron chi connectivity index (χ3n) is 3.28. The number of halogens is 6. The number of benzene rings is 2. The quantitative estimate of drug-likeness (QED) is 0.322. The number of hydrogen-bond donors (Lipinski definition) is 4. The van der Waals surface area contributed by atoms with Crippen molar-refractivity contribution in [2.24, 2.45) is 5.73 Å². The Morgan fingerprint density at radius 1 is 1.03 bits per heavy atom. The summed E-state index contributed by atoms with van der Waals surface area (Å²) < 4.78 is 75.2. The van der Waals surface area contributed by atoms with Gasteiger partial charge in [-0.2, -0.15) is 26.3 Å². The second-order valence-electron chi connectivity index (χ2n) is 5.70. The molecule has 2 rings (SSSR count). The van der Waals surface area contributed by atoms with Crippen molar-refractivity contribution in [3.05, 3.63) is 65.2 Å². The van der Waals surface area contributed by atoms with E-state index in [1.54, 1.807) is 24.3 Å². The number of hydrogen-bond acceptors (Lipinski definition) is 3. The van der Waals surface area contributed by atoms with Gasteiger partial charge in [-0.05, 0) is 35.4 Å². The van der Waals surface area contributed by atoms with Crippen molar-refractivity contribution in [2.45, 2.75) is 25.5 Å². The number of nitrogens with one attached hydrogen (secondary N) is 2. The Morgan fingerprint density at radius 2 is 1.60 bits per heavy atom. The number of rotatable bonds is 5. The van der Waals surface area contributed by atoms with Crippen molar-refractivity contribution in [1.82, 2.24) is 5.32 Å². The van der Waals surface area contributed by atoms with Crippen LogP contribution in [0.4, 0.5) is 26.3 Å². The molecule has 0 radical (unpaired) electrons. The number of ether oxygens (including phenoxy) is 1. The molecule has 164 valence electrons. The van der Waals surface area contributed by atoms with Gasteiger partial charge in [0.2, 0.25) is 0 Å². The number of guanidine groups is 1. The van der Waals surface area contributed by atoms with Crippen molar-refractivity contribution < 1.29 is 41.0 Å². The average molecular weight is 437 g/mol. The molecule has 0 saturated heterocycles. The standard InChI is InChI=1S/C16H16F3N3O.C2HF3O2/c17-16(18,19)13-5-1-4-12(7-13)10-23-14-6-2-3-11(8-14)9-22-15(20)21;3-2(4,5)1(6)7/h1-8H,9-10H2,(H4,20,21,22);(H,6,7). The number of alkyl halides is 6. The van der Waals surface area contributed by atoms with E-state index in [4.69, 9.17) is 25.8 Å². The highest BCUT2D eigenvalue weighted by atomic mass is 19.4. The molecule has 2 aromatic rings. The molecule has 2 aromatic carbocycles. The molecular formula is C18H17F6N3O3. The third kappa shape index (κ3) is 9.17. The minimum Gasteiger partial charge on any atom is -0.489 e. The maximum Gasteiger partial charge on any atom is 0.490 e. The molecule has 0 aliphatic rings. The van der Waals surface area contributed by atoms with Crippen LogP contribution in [0.5, 0.6) is 5.75 Å². The predicted octanol–water partition coefficient (Wildman–Crippen LogP) is 3.90. The first kappa shape index (κ1) is 24.6. The first-order valence-corrected chi connectivity index (χ1v) is 8.05. The van der Waals surface area contributed by atoms with E-state index >= 15 is 0 Å². The molecule has 0 aromatic heterocycles. The molecule has 30 heavy (non-hydrogen) atoms. The highest BCUT2D eigenvalue weighted by molar-refractivity contribution is 5.74. The van der Waals surface area contributed by atoms with E-state index in [2.05, 4.69) is 5.32 Å². The molecule has 0 amide bonds. The number of nitrogens with two attached hydrogens (primary N) is 1. The van der Waals surface area contributed by atoms with Gasteiger partial charge in [0, 0.05) is 6.54 Å². The van der Waals surface area contributed by atoms with Gasteiger partial charge in [-0.25, -0.2) is 4.79 Å². The summed E-state index contributed by atoms with van der Waals surface area (Å²) >= 11 is 0. The van der Waals surface area contributed by atoms with Crippen molar-refractivity contribution in [3.8, 4) is 5.75 Å². The average Bonchev–Trinajstić information content (AvgIpc) is 2.64. The Hall–Kier alpha value is -3.44. The maximum absolute atomic E-state index is 12.7. The summed E-state index contributed by atoms with van der Waals surface area (Å²) in [6.45, 7) is 0.406.